The molecule has 3 aromatic rings. The molecule has 7 nitrogen and oxygen atoms in total. The number of methoxy groups -OCH3 is 1. The highest BCUT2D eigenvalue weighted by atomic mass is 35.5. The summed E-state index contributed by atoms with van der Waals surface area (Å²) in [6, 6.07) is 5.15. The van der Waals surface area contributed by atoms with Crippen molar-refractivity contribution in [1.29, 1.82) is 0 Å². The summed E-state index contributed by atoms with van der Waals surface area (Å²) in [5.74, 6) is -0.0166. The molecule has 0 radical (unpaired) electrons. The molecule has 0 fully saturated rings. The first-order chi connectivity index (χ1) is 12.1. The Morgan fingerprint density at radius 3 is 2.92 bits per heavy atom. The summed E-state index contributed by atoms with van der Waals surface area (Å²) in [6.07, 6.45) is 5.96. The van der Waals surface area contributed by atoms with Crippen LogP contribution in [0.3, 0.4) is 0 Å². The molecule has 3 heterocycles. The van der Waals surface area contributed by atoms with Gasteiger partial charge in [0.05, 0.1) is 15.5 Å². The fourth-order valence-corrected chi connectivity index (χ4v) is 3.29. The molecule has 1 atom stereocenters. The van der Waals surface area contributed by atoms with Gasteiger partial charge in [-0.25, -0.2) is 9.97 Å². The Hall–Kier alpha value is -2.55. The minimum atomic E-state index is -0.541. The summed E-state index contributed by atoms with van der Waals surface area (Å²) in [4.78, 5) is 24.7. The number of rotatable bonds is 6. The molecule has 3 N–H and O–H groups in total. The highest BCUT2D eigenvalue weighted by Crippen LogP contribution is 2.33. The van der Waals surface area contributed by atoms with Gasteiger partial charge >= 0.3 is 0 Å². The molecule has 0 aliphatic carbocycles. The van der Waals surface area contributed by atoms with Crippen LogP contribution >= 0.6 is 22.9 Å². The van der Waals surface area contributed by atoms with Gasteiger partial charge in [0, 0.05) is 37.5 Å². The Labute approximate surface area is 152 Å². The van der Waals surface area contributed by atoms with Crippen molar-refractivity contribution in [3.8, 4) is 0 Å². The van der Waals surface area contributed by atoms with E-state index in [2.05, 4.69) is 20.3 Å². The van der Waals surface area contributed by atoms with Crippen LogP contribution in [-0.2, 0) is 4.74 Å². The molecule has 0 aromatic carbocycles. The molecule has 128 valence electrons. The number of ether oxygens (including phenoxy) is 1. The molecule has 0 spiro atoms. The topological polar surface area (TPSA) is 103 Å². The third-order valence-corrected chi connectivity index (χ3v) is 4.61. The van der Waals surface area contributed by atoms with E-state index in [-0.39, 0.29) is 0 Å². The first-order valence-corrected chi connectivity index (χ1v) is 8.38. The Balaban J connectivity index is 1.85. The number of hydrogen-bond acceptors (Lipinski definition) is 7. The van der Waals surface area contributed by atoms with Crippen LogP contribution in [0.5, 0.6) is 0 Å². The predicted octanol–water partition coefficient (Wildman–Crippen LogP) is 3.16. The number of pyridine rings is 2. The Kier molecular flexibility index (Phi) is 5.22. The second kappa shape index (κ2) is 7.56. The molecule has 0 saturated carbocycles. The minimum absolute atomic E-state index is 0.322. The number of amides is 1. The molecule has 0 bridgehead atoms. The molecule has 9 heteroatoms. The van der Waals surface area contributed by atoms with E-state index in [1.165, 1.54) is 17.5 Å². The average molecular weight is 376 g/mol. The second-order valence-electron chi connectivity index (χ2n) is 5.01. The lowest BCUT2D eigenvalue weighted by Gasteiger charge is -2.13. The number of nitrogens with two attached hydrogens (primary N) is 1. The lowest BCUT2D eigenvalue weighted by molar-refractivity contribution is 0.0999. The molecule has 0 aliphatic heterocycles. The second-order valence-corrected chi connectivity index (χ2v) is 6.48. The summed E-state index contributed by atoms with van der Waals surface area (Å²) >= 11 is 7.48. The monoisotopic (exact) mass is 375 g/mol. The standard InChI is InChI=1S/C16H14ClN5O2S/c1-24-13(9-5-10(14(18)23)7-19-6-9)12-8-21-16(25-12)22-15-11(17)3-2-4-20-15/h2-8,13H,1H3,(H2,18,23)(H,20,21,22). The van der Waals surface area contributed by atoms with Crippen molar-refractivity contribution in [3.63, 3.8) is 0 Å². The van der Waals surface area contributed by atoms with Gasteiger partial charge in [-0.15, -0.1) is 0 Å². The van der Waals surface area contributed by atoms with Crippen molar-refractivity contribution >= 4 is 39.8 Å². The Morgan fingerprint density at radius 2 is 2.20 bits per heavy atom. The summed E-state index contributed by atoms with van der Waals surface area (Å²) in [6.45, 7) is 0. The van der Waals surface area contributed by atoms with Gasteiger partial charge in [-0.1, -0.05) is 22.9 Å². The van der Waals surface area contributed by atoms with Crippen molar-refractivity contribution in [2.45, 2.75) is 6.10 Å². The average Bonchev–Trinajstić information content (AvgIpc) is 3.06. The number of thiazole rings is 1. The molecule has 1 unspecified atom stereocenters. The first-order valence-electron chi connectivity index (χ1n) is 7.19. The smallest absolute Gasteiger partial charge is 0.250 e. The highest BCUT2D eigenvalue weighted by molar-refractivity contribution is 7.15. The fraction of sp³-hybridized carbons (Fsp3) is 0.125. The van der Waals surface area contributed by atoms with E-state index in [9.17, 15) is 4.79 Å². The van der Waals surface area contributed by atoms with E-state index in [1.807, 2.05) is 0 Å². The lowest BCUT2D eigenvalue weighted by Crippen LogP contribution is -2.12. The summed E-state index contributed by atoms with van der Waals surface area (Å²) in [5, 5.41) is 4.19. The van der Waals surface area contributed by atoms with Gasteiger partial charge < -0.3 is 15.8 Å². The van der Waals surface area contributed by atoms with E-state index in [0.717, 1.165) is 4.88 Å². The van der Waals surface area contributed by atoms with Crippen LogP contribution in [0.25, 0.3) is 0 Å². The normalized spacial score (nSPS) is 11.9. The quantitative estimate of drug-likeness (QED) is 0.685. The van der Waals surface area contributed by atoms with Crippen LogP contribution in [0.2, 0.25) is 5.02 Å². The zero-order chi connectivity index (χ0) is 17.8. The van der Waals surface area contributed by atoms with Crippen molar-refractivity contribution in [1.82, 2.24) is 15.0 Å². The molecular weight excluding hydrogens is 362 g/mol. The number of nitrogens with zero attached hydrogens (tertiary/aromatic N) is 3. The maximum Gasteiger partial charge on any atom is 0.250 e. The first kappa shape index (κ1) is 17.3. The predicted molar refractivity (Wildman–Crippen MR) is 96.3 cm³/mol. The van der Waals surface area contributed by atoms with E-state index < -0.39 is 12.0 Å². The van der Waals surface area contributed by atoms with Crippen LogP contribution in [0.1, 0.15) is 26.9 Å². The van der Waals surface area contributed by atoms with Gasteiger partial charge in [-0.2, -0.15) is 0 Å². The van der Waals surface area contributed by atoms with Crippen molar-refractivity contribution < 1.29 is 9.53 Å². The Bertz CT molecular complexity index is 901. The van der Waals surface area contributed by atoms with Crippen LogP contribution < -0.4 is 11.1 Å². The summed E-state index contributed by atoms with van der Waals surface area (Å²) < 4.78 is 5.55. The number of aromatic nitrogens is 3. The number of nitrogens with one attached hydrogen (secondary N) is 1. The van der Waals surface area contributed by atoms with Crippen LogP contribution in [0.4, 0.5) is 10.9 Å². The molecule has 3 aromatic heterocycles. The molecular formula is C16H14ClN5O2S. The number of carbonyl (C=O) groups excluding carboxylic acids is 1. The third kappa shape index (κ3) is 3.93. The molecule has 0 saturated heterocycles. The third-order valence-electron chi connectivity index (χ3n) is 3.35. The van der Waals surface area contributed by atoms with E-state index in [4.69, 9.17) is 22.1 Å². The number of hydrogen-bond donors (Lipinski definition) is 2. The molecule has 0 aliphatic rings. The maximum atomic E-state index is 11.3. The SMILES string of the molecule is COC(c1cncc(C(N)=O)c1)c1cnc(Nc2ncccc2Cl)s1. The largest absolute Gasteiger partial charge is 0.371 e. The van der Waals surface area contributed by atoms with Crippen molar-refractivity contribution in [2.75, 3.05) is 12.4 Å². The molecule has 3 rings (SSSR count). The van der Waals surface area contributed by atoms with Gasteiger partial charge in [0.25, 0.3) is 0 Å². The highest BCUT2D eigenvalue weighted by Gasteiger charge is 2.19. The van der Waals surface area contributed by atoms with Crippen LogP contribution in [0, 0.1) is 0 Å². The number of anilines is 2. The lowest BCUT2D eigenvalue weighted by atomic mass is 10.1. The number of halogens is 1. The van der Waals surface area contributed by atoms with E-state index in [0.29, 0.717) is 27.1 Å². The van der Waals surface area contributed by atoms with Crippen LogP contribution in [-0.4, -0.2) is 28.0 Å². The molecule has 1 amide bonds. The van der Waals surface area contributed by atoms with E-state index >= 15 is 0 Å². The summed E-state index contributed by atoms with van der Waals surface area (Å²) in [5.41, 5.74) is 6.34. The van der Waals surface area contributed by atoms with Crippen LogP contribution in [0.15, 0.2) is 43.0 Å². The fourth-order valence-electron chi connectivity index (χ4n) is 2.20. The molecule has 25 heavy (non-hydrogen) atoms. The summed E-state index contributed by atoms with van der Waals surface area (Å²) in [7, 11) is 1.57. The van der Waals surface area contributed by atoms with Gasteiger partial charge in [-0.05, 0) is 18.2 Å². The van der Waals surface area contributed by atoms with Gasteiger partial charge in [-0.3, -0.25) is 9.78 Å². The zero-order valence-electron chi connectivity index (χ0n) is 13.1. The van der Waals surface area contributed by atoms with Crippen molar-refractivity contribution in [2.24, 2.45) is 5.73 Å². The minimum Gasteiger partial charge on any atom is -0.371 e. The van der Waals surface area contributed by atoms with E-state index in [1.54, 1.807) is 43.9 Å². The van der Waals surface area contributed by atoms with Gasteiger partial charge in [0.1, 0.15) is 6.10 Å². The zero-order valence-corrected chi connectivity index (χ0v) is 14.7. The van der Waals surface area contributed by atoms with Crippen molar-refractivity contribution in [3.05, 3.63) is 64.0 Å². The number of primary amides is 1. The Morgan fingerprint density at radius 1 is 1.36 bits per heavy atom. The maximum absolute atomic E-state index is 11.3. The van der Waals surface area contributed by atoms with Gasteiger partial charge in [0.15, 0.2) is 10.9 Å². The number of carbonyl (C=O) groups is 1. The van der Waals surface area contributed by atoms with Gasteiger partial charge in [0.2, 0.25) is 5.91 Å².